The molecular formula is C80H144N4O11P2S2. The summed E-state index contributed by atoms with van der Waals surface area (Å²) in [6.45, 7) is 18.8. The Kier molecular flexibility index (Phi) is 56.0. The van der Waals surface area contributed by atoms with Crippen LogP contribution in [0.4, 0.5) is 22.7 Å². The van der Waals surface area contributed by atoms with Crippen molar-refractivity contribution in [2.75, 3.05) is 49.3 Å². The summed E-state index contributed by atoms with van der Waals surface area (Å²) in [5.74, 6) is -0.954. The van der Waals surface area contributed by atoms with Gasteiger partial charge in [-0.05, 0) is 138 Å². The number of unbranched alkanes of at least 4 members (excludes halogenated alkanes) is 40. The van der Waals surface area contributed by atoms with Crippen LogP contribution in [0.15, 0.2) is 62.5 Å². The SMILES string of the molecule is CCCCCCCCCCCCCC[P+](CCCCCC)(CCCCCC)CCCCCC.CCCCCCCCCCCCCC[P+](CCCCCC)(CCCCCC)CCCCCC.O=[N+]([O-])c1ccc(N=Nc2c(S(=O)(=O)[O-])cc3cc(S(=O)(=O)[O-])ccc3c2O)c([N+](=O)[O-])c1. The molecule has 1 N–H and O–H groups in total. The Bertz CT molecular complexity index is 2680. The summed E-state index contributed by atoms with van der Waals surface area (Å²) in [6.07, 6.45) is 84.2. The lowest BCUT2D eigenvalue weighted by atomic mass is 10.1. The molecule has 0 bridgehead atoms. The summed E-state index contributed by atoms with van der Waals surface area (Å²) in [7, 11) is -11.7. The maximum Gasteiger partial charge on any atom is 0.303 e. The summed E-state index contributed by atoms with van der Waals surface area (Å²) < 4.78 is 68.7. The molecule has 19 heteroatoms. The second-order valence-electron chi connectivity index (χ2n) is 28.9. The third-order valence-electron chi connectivity index (χ3n) is 20.1. The van der Waals surface area contributed by atoms with Gasteiger partial charge >= 0.3 is 5.69 Å². The lowest BCUT2D eigenvalue weighted by Gasteiger charge is -2.28. The zero-order valence-corrected chi connectivity index (χ0v) is 67.6. The number of nitrogens with zero attached hydrogens (tertiary/aromatic N) is 4. The number of hydrogen-bond acceptors (Lipinski definition) is 13. The molecule has 0 aromatic heterocycles. The minimum atomic E-state index is -5.36. The molecule has 3 aromatic carbocycles. The topological polar surface area (TPSA) is 246 Å². The maximum absolute atomic E-state index is 11.7. The van der Waals surface area contributed by atoms with E-state index in [1.807, 2.05) is 0 Å². The Hall–Kier alpha value is -3.20. The quantitative estimate of drug-likeness (QED) is 0.0139. The van der Waals surface area contributed by atoms with Gasteiger partial charge in [-0.25, -0.2) is 16.8 Å². The van der Waals surface area contributed by atoms with Crippen LogP contribution in [-0.2, 0) is 20.2 Å². The number of non-ortho nitro benzene ring substituents is 1. The summed E-state index contributed by atoms with van der Waals surface area (Å²) in [5.41, 5.74) is -3.00. The molecule has 0 saturated heterocycles. The predicted molar refractivity (Wildman–Crippen MR) is 425 cm³/mol. The van der Waals surface area contributed by atoms with Crippen molar-refractivity contribution in [2.24, 2.45) is 10.2 Å². The van der Waals surface area contributed by atoms with Gasteiger partial charge in [0.05, 0.1) is 75.0 Å². The van der Waals surface area contributed by atoms with Crippen molar-refractivity contribution in [3.63, 3.8) is 0 Å². The van der Waals surface area contributed by atoms with Crippen LogP contribution in [0.5, 0.6) is 5.75 Å². The molecule has 0 spiro atoms. The van der Waals surface area contributed by atoms with Gasteiger partial charge < -0.3 is 14.2 Å². The van der Waals surface area contributed by atoms with Crippen LogP contribution >= 0.6 is 14.5 Å². The molecule has 0 saturated carbocycles. The number of fused-ring (bicyclic) bond motifs is 1. The second-order valence-corrected chi connectivity index (χ2v) is 40.5. The smallest absolute Gasteiger partial charge is 0.303 e. The van der Waals surface area contributed by atoms with Gasteiger partial charge in [0.15, 0.2) is 11.4 Å². The summed E-state index contributed by atoms with van der Waals surface area (Å²) in [6, 6.07) is 5.41. The van der Waals surface area contributed by atoms with Crippen molar-refractivity contribution >= 4 is 68.3 Å². The highest BCUT2D eigenvalue weighted by atomic mass is 32.2. The standard InChI is InChI=1S/2C32H68P.C16H10N4O11S2/c2*1-5-9-13-17-18-19-20-21-22-23-24-28-32-33(29-25-14-10-6-2,30-26-15-11-7-3)31-27-16-12-8-4;21-16-11-3-2-10(32(26,27)28)5-8(11)6-14(33(29,30)31)15(16)18-17-12-4-1-9(19(22)23)7-13(12)20(24)25/h2*5-32H2,1-4H3;1-7,21H,(H,26,27,28)(H,29,30,31)/q2*+1;/p-2. The van der Waals surface area contributed by atoms with Gasteiger partial charge in [0, 0.05) is 26.0 Å². The lowest BCUT2D eigenvalue weighted by molar-refractivity contribution is -0.393. The summed E-state index contributed by atoms with van der Waals surface area (Å²) >= 11 is 0. The lowest BCUT2D eigenvalue weighted by Crippen LogP contribution is -2.13. The first-order valence-electron chi connectivity index (χ1n) is 40.4. The van der Waals surface area contributed by atoms with E-state index in [0.717, 1.165) is 30.3 Å². The minimum Gasteiger partial charge on any atom is -0.744 e. The van der Waals surface area contributed by atoms with Gasteiger partial charge in [-0.3, -0.25) is 20.2 Å². The van der Waals surface area contributed by atoms with Crippen molar-refractivity contribution in [3.8, 4) is 5.75 Å². The van der Waals surface area contributed by atoms with E-state index < -0.39 is 82.9 Å². The fourth-order valence-electron chi connectivity index (χ4n) is 13.9. The second kappa shape index (κ2) is 59.1. The summed E-state index contributed by atoms with van der Waals surface area (Å²) in [5, 5.41) is 38.8. The zero-order valence-electron chi connectivity index (χ0n) is 64.2. The van der Waals surface area contributed by atoms with Crippen molar-refractivity contribution in [2.45, 2.75) is 373 Å². The van der Waals surface area contributed by atoms with Crippen molar-refractivity contribution < 1.29 is 40.9 Å². The predicted octanol–water partition coefficient (Wildman–Crippen LogP) is 27.5. The molecule has 0 aliphatic rings. The number of phenolic OH excluding ortho intramolecular Hbond substituents is 1. The van der Waals surface area contributed by atoms with Crippen LogP contribution in [0.1, 0.15) is 364 Å². The molecule has 15 nitrogen and oxygen atoms in total. The Labute approximate surface area is 607 Å². The molecule has 0 atom stereocenters. The van der Waals surface area contributed by atoms with E-state index in [2.05, 4.69) is 65.6 Å². The molecule has 572 valence electrons. The number of nitro benzene ring substituents is 2. The van der Waals surface area contributed by atoms with Crippen LogP contribution in [0.2, 0.25) is 0 Å². The molecule has 3 aromatic rings. The van der Waals surface area contributed by atoms with Gasteiger partial charge in [-0.15, -0.1) is 10.2 Å². The highest BCUT2D eigenvalue weighted by molar-refractivity contribution is 7.86. The van der Waals surface area contributed by atoms with E-state index in [4.69, 9.17) is 0 Å². The van der Waals surface area contributed by atoms with E-state index in [9.17, 15) is 51.3 Å². The molecule has 0 radical (unpaired) electrons. The number of azo groups is 1. The Morgan fingerprint density at radius 2 is 0.636 bits per heavy atom. The number of aromatic hydroxyl groups is 1. The number of benzene rings is 3. The average molecular weight is 1460 g/mol. The van der Waals surface area contributed by atoms with Crippen molar-refractivity contribution in [1.82, 2.24) is 0 Å². The minimum absolute atomic E-state index is 0.220. The van der Waals surface area contributed by atoms with Crippen LogP contribution < -0.4 is 0 Å². The molecule has 0 fully saturated rings. The number of nitro groups is 2. The van der Waals surface area contributed by atoms with E-state index >= 15 is 0 Å². The van der Waals surface area contributed by atoms with Crippen LogP contribution in [0.3, 0.4) is 0 Å². The normalized spacial score (nSPS) is 12.1. The van der Waals surface area contributed by atoms with Gasteiger partial charge in [-0.2, -0.15) is 0 Å². The molecule has 0 amide bonds. The zero-order chi connectivity index (χ0) is 73.3. The number of hydrogen-bond donors (Lipinski definition) is 1. The Balaban J connectivity index is 0.000000742. The first kappa shape index (κ1) is 93.8. The van der Waals surface area contributed by atoms with E-state index in [1.54, 1.807) is 101 Å². The first-order chi connectivity index (χ1) is 47.7. The van der Waals surface area contributed by atoms with E-state index in [1.165, 1.54) is 257 Å². The van der Waals surface area contributed by atoms with Gasteiger partial charge in [0.1, 0.15) is 25.9 Å². The fraction of sp³-hybridized carbons (Fsp3) is 0.800. The highest BCUT2D eigenvalue weighted by Gasteiger charge is 2.36. The Morgan fingerprint density at radius 3 is 0.899 bits per heavy atom. The van der Waals surface area contributed by atoms with Gasteiger partial charge in [0.25, 0.3) is 5.69 Å². The molecule has 0 heterocycles. The maximum atomic E-state index is 11.7. The number of phenols is 1. The van der Waals surface area contributed by atoms with Gasteiger partial charge in [-0.1, -0.05) is 261 Å². The largest absolute Gasteiger partial charge is 0.744 e. The fourth-order valence-corrected chi connectivity index (χ4v) is 24.9. The first-order valence-corrected chi connectivity index (χ1v) is 48.3. The monoisotopic (exact) mass is 1460 g/mol. The van der Waals surface area contributed by atoms with Crippen LogP contribution in [-0.4, -0.2) is 90.2 Å². The number of rotatable bonds is 62. The van der Waals surface area contributed by atoms with E-state index in [0.29, 0.717) is 12.1 Å². The van der Waals surface area contributed by atoms with E-state index in [-0.39, 0.29) is 10.8 Å². The molecule has 0 unspecified atom stereocenters. The van der Waals surface area contributed by atoms with Gasteiger partial charge in [0.2, 0.25) is 0 Å². The highest BCUT2D eigenvalue weighted by Crippen LogP contribution is 2.63. The third-order valence-corrected chi connectivity index (χ3v) is 31.9. The molecule has 3 rings (SSSR count). The molecule has 99 heavy (non-hydrogen) atoms. The van der Waals surface area contributed by atoms with Crippen molar-refractivity contribution in [3.05, 3.63) is 62.7 Å². The Morgan fingerprint density at radius 1 is 0.354 bits per heavy atom. The average Bonchev–Trinajstić information content (AvgIpc) is 0.763. The molecule has 0 aliphatic carbocycles. The third kappa shape index (κ3) is 44.3. The molecule has 0 aliphatic heterocycles. The summed E-state index contributed by atoms with van der Waals surface area (Å²) in [4.78, 5) is 18.2. The van der Waals surface area contributed by atoms with Crippen LogP contribution in [0, 0.1) is 20.2 Å². The molecular weight excluding hydrogens is 1320 g/mol. The van der Waals surface area contributed by atoms with Crippen molar-refractivity contribution in [1.29, 1.82) is 0 Å². The van der Waals surface area contributed by atoms with Crippen LogP contribution in [0.25, 0.3) is 10.8 Å².